The molecule has 0 bridgehead atoms. The van der Waals surface area contributed by atoms with Crippen molar-refractivity contribution in [3.63, 3.8) is 0 Å². The number of sulfonamides is 1. The molecular formula is C26H24FN7O2S. The van der Waals surface area contributed by atoms with Crippen LogP contribution in [0, 0.1) is 5.82 Å². The Morgan fingerprint density at radius 3 is 2.38 bits per heavy atom. The largest absolute Gasteiger partial charge is 0.369 e. The third kappa shape index (κ3) is 3.92. The molecule has 3 heterocycles. The van der Waals surface area contributed by atoms with Gasteiger partial charge in [-0.25, -0.2) is 12.8 Å². The van der Waals surface area contributed by atoms with Gasteiger partial charge in [0.25, 0.3) is 10.0 Å². The number of hydrogen-bond acceptors (Lipinski definition) is 7. The zero-order valence-corrected chi connectivity index (χ0v) is 20.4. The number of nitrogens with two attached hydrogens (primary N) is 2. The number of aromatic amines is 1. The van der Waals surface area contributed by atoms with Crippen LogP contribution in [0.5, 0.6) is 0 Å². The van der Waals surface area contributed by atoms with Crippen molar-refractivity contribution >= 4 is 27.5 Å². The number of aromatic nitrogens is 2. The van der Waals surface area contributed by atoms with Crippen LogP contribution >= 0.6 is 0 Å². The highest BCUT2D eigenvalue weighted by Gasteiger charge is 2.40. The number of guanidine groups is 1. The summed E-state index contributed by atoms with van der Waals surface area (Å²) in [5.74, 6) is 0.377. The third-order valence-corrected chi connectivity index (χ3v) is 8.66. The Hall–Kier alpha value is -4.22. The Morgan fingerprint density at radius 1 is 0.973 bits per heavy atom. The number of nitrogens with one attached hydrogen (secondary N) is 1. The number of rotatable bonds is 4. The predicted octanol–water partition coefficient (Wildman–Crippen LogP) is 3.26. The molecule has 4 aromatic rings. The van der Waals surface area contributed by atoms with Crippen LogP contribution < -0.4 is 15.8 Å². The van der Waals surface area contributed by atoms with Gasteiger partial charge < -0.3 is 16.4 Å². The summed E-state index contributed by atoms with van der Waals surface area (Å²) in [6.45, 7) is 0.135. The maximum absolute atomic E-state index is 13.9. The average Bonchev–Trinajstić information content (AvgIpc) is 3.37. The molecule has 0 amide bonds. The molecule has 1 aromatic heterocycles. The minimum Gasteiger partial charge on any atom is -0.369 e. The SMILES string of the molecule is NC1=Nc2[nH]ncc2C(N)N1C1Cc2ccccc2N(S(=O)(=O)c2ccc(-c3ccc(F)cc3)cc2)C1. The second-order valence-electron chi connectivity index (χ2n) is 9.05. The summed E-state index contributed by atoms with van der Waals surface area (Å²) in [5.41, 5.74) is 16.6. The van der Waals surface area contributed by atoms with E-state index in [9.17, 15) is 12.8 Å². The third-order valence-electron chi connectivity index (χ3n) is 6.86. The quantitative estimate of drug-likeness (QED) is 0.381. The molecule has 0 saturated carbocycles. The Kier molecular flexibility index (Phi) is 5.46. The van der Waals surface area contributed by atoms with Crippen LogP contribution in [0.2, 0.25) is 0 Å². The van der Waals surface area contributed by atoms with E-state index in [0.717, 1.165) is 16.7 Å². The summed E-state index contributed by atoms with van der Waals surface area (Å²) < 4.78 is 42.6. The summed E-state index contributed by atoms with van der Waals surface area (Å²) in [6.07, 6.45) is 1.53. The molecule has 2 atom stereocenters. The number of aliphatic imine (C=N–C) groups is 1. The number of benzene rings is 3. The monoisotopic (exact) mass is 517 g/mol. The second kappa shape index (κ2) is 8.71. The number of H-pyrrole nitrogens is 1. The van der Waals surface area contributed by atoms with Crippen molar-refractivity contribution in [2.75, 3.05) is 10.8 Å². The number of hydrogen-bond donors (Lipinski definition) is 3. The van der Waals surface area contributed by atoms with Crippen molar-refractivity contribution in [1.82, 2.24) is 15.1 Å². The fourth-order valence-corrected chi connectivity index (χ4v) is 6.55. The zero-order valence-electron chi connectivity index (χ0n) is 19.6. The summed E-state index contributed by atoms with van der Waals surface area (Å²) in [5, 5.41) is 6.79. The van der Waals surface area contributed by atoms with E-state index in [1.165, 1.54) is 16.4 Å². The van der Waals surface area contributed by atoms with E-state index in [1.54, 1.807) is 53.6 Å². The molecule has 0 aliphatic carbocycles. The van der Waals surface area contributed by atoms with E-state index in [4.69, 9.17) is 11.5 Å². The highest BCUT2D eigenvalue weighted by atomic mass is 32.2. The predicted molar refractivity (Wildman–Crippen MR) is 139 cm³/mol. The summed E-state index contributed by atoms with van der Waals surface area (Å²) in [4.78, 5) is 6.30. The van der Waals surface area contributed by atoms with Gasteiger partial charge in [0.1, 0.15) is 12.0 Å². The van der Waals surface area contributed by atoms with Crippen LogP contribution in [0.25, 0.3) is 11.1 Å². The lowest BCUT2D eigenvalue weighted by Crippen LogP contribution is -2.57. The van der Waals surface area contributed by atoms with Crippen LogP contribution in [0.15, 0.2) is 88.9 Å². The van der Waals surface area contributed by atoms with Gasteiger partial charge in [0, 0.05) is 0 Å². The first kappa shape index (κ1) is 23.2. The van der Waals surface area contributed by atoms with Gasteiger partial charge in [0.05, 0.1) is 34.9 Å². The number of halogens is 1. The molecule has 5 N–H and O–H groups in total. The van der Waals surface area contributed by atoms with Crippen molar-refractivity contribution in [2.24, 2.45) is 16.5 Å². The van der Waals surface area contributed by atoms with Crippen molar-refractivity contribution < 1.29 is 12.8 Å². The standard InChI is InChI=1S/C26H24FN7O2S/c27-19-9-5-16(6-10-19)17-7-11-21(12-8-17)37(35,36)33-15-20(13-18-3-1-2-4-23(18)33)34-24(28)22-14-30-32-25(22)31-26(34)29/h1-12,14,20,24H,13,15,28H2,(H3,29,30,31,32). The molecule has 2 aliphatic heterocycles. The molecule has 188 valence electrons. The molecule has 2 unspecified atom stereocenters. The van der Waals surface area contributed by atoms with Crippen molar-refractivity contribution in [1.29, 1.82) is 0 Å². The van der Waals surface area contributed by atoms with Gasteiger partial charge in [0.15, 0.2) is 11.8 Å². The van der Waals surface area contributed by atoms with Gasteiger partial charge in [-0.05, 0) is 53.4 Å². The van der Waals surface area contributed by atoms with Gasteiger partial charge in [-0.2, -0.15) is 10.1 Å². The van der Waals surface area contributed by atoms with Crippen molar-refractivity contribution in [2.45, 2.75) is 23.5 Å². The Balaban J connectivity index is 1.35. The van der Waals surface area contributed by atoms with Gasteiger partial charge in [-0.3, -0.25) is 9.40 Å². The molecule has 3 aromatic carbocycles. The van der Waals surface area contributed by atoms with E-state index in [1.807, 2.05) is 18.2 Å². The van der Waals surface area contributed by atoms with Crippen LogP contribution in [-0.4, -0.2) is 42.1 Å². The van der Waals surface area contributed by atoms with E-state index < -0.39 is 16.2 Å². The molecule has 11 heteroatoms. The summed E-state index contributed by atoms with van der Waals surface area (Å²) >= 11 is 0. The lowest BCUT2D eigenvalue weighted by atomic mass is 9.97. The van der Waals surface area contributed by atoms with Gasteiger partial charge in [-0.1, -0.05) is 42.5 Å². The first-order chi connectivity index (χ1) is 17.8. The van der Waals surface area contributed by atoms with Crippen LogP contribution in [0.4, 0.5) is 15.9 Å². The van der Waals surface area contributed by atoms with Crippen molar-refractivity contribution in [3.05, 3.63) is 95.9 Å². The normalized spacial score (nSPS) is 19.2. The fourth-order valence-electron chi connectivity index (χ4n) is 5.01. The maximum Gasteiger partial charge on any atom is 0.264 e. The molecule has 9 nitrogen and oxygen atoms in total. The first-order valence-corrected chi connectivity index (χ1v) is 13.1. The zero-order chi connectivity index (χ0) is 25.7. The van der Waals surface area contributed by atoms with Gasteiger partial charge in [0.2, 0.25) is 0 Å². The van der Waals surface area contributed by atoms with Gasteiger partial charge >= 0.3 is 0 Å². The molecule has 6 rings (SSSR count). The lowest BCUT2D eigenvalue weighted by molar-refractivity contribution is 0.233. The lowest BCUT2D eigenvalue weighted by Gasteiger charge is -2.44. The first-order valence-electron chi connectivity index (χ1n) is 11.7. The van der Waals surface area contributed by atoms with Crippen LogP contribution in [-0.2, 0) is 16.4 Å². The highest BCUT2D eigenvalue weighted by molar-refractivity contribution is 7.92. The molecule has 2 aliphatic rings. The smallest absolute Gasteiger partial charge is 0.264 e. The molecular weight excluding hydrogens is 493 g/mol. The van der Waals surface area contributed by atoms with Crippen LogP contribution in [0.3, 0.4) is 0 Å². The van der Waals surface area contributed by atoms with Gasteiger partial charge in [-0.15, -0.1) is 0 Å². The minimum atomic E-state index is -3.93. The second-order valence-corrected chi connectivity index (χ2v) is 10.9. The molecule has 0 fully saturated rings. The Morgan fingerprint density at radius 2 is 1.65 bits per heavy atom. The summed E-state index contributed by atoms with van der Waals surface area (Å²) in [6, 6.07) is 19.7. The molecule has 0 spiro atoms. The van der Waals surface area contributed by atoms with Crippen LogP contribution in [0.1, 0.15) is 17.3 Å². The Labute approximate surface area is 213 Å². The molecule has 0 saturated heterocycles. The highest BCUT2D eigenvalue weighted by Crippen LogP contribution is 2.37. The van der Waals surface area contributed by atoms with E-state index >= 15 is 0 Å². The fraction of sp³-hybridized carbons (Fsp3) is 0.154. The summed E-state index contributed by atoms with van der Waals surface area (Å²) in [7, 11) is -3.93. The number of nitrogens with zero attached hydrogens (tertiary/aromatic N) is 4. The molecule has 37 heavy (non-hydrogen) atoms. The van der Waals surface area contributed by atoms with Crippen molar-refractivity contribution in [3.8, 4) is 11.1 Å². The maximum atomic E-state index is 13.9. The topological polar surface area (TPSA) is 134 Å². The molecule has 0 radical (unpaired) electrons. The van der Waals surface area contributed by atoms with E-state index in [2.05, 4.69) is 15.2 Å². The van der Waals surface area contributed by atoms with E-state index in [-0.39, 0.29) is 29.3 Å². The average molecular weight is 518 g/mol. The Bertz CT molecular complexity index is 1600. The number of anilines is 1. The minimum absolute atomic E-state index is 0.135. The number of fused-ring (bicyclic) bond motifs is 2. The van der Waals surface area contributed by atoms with E-state index in [0.29, 0.717) is 23.5 Å². The number of para-hydroxylation sites is 1.